The maximum atomic E-state index is 5.98. The topological polar surface area (TPSA) is 38.5 Å². The van der Waals surface area contributed by atoms with Gasteiger partial charge in [0, 0.05) is 19.1 Å². The van der Waals surface area contributed by atoms with Gasteiger partial charge in [-0.3, -0.25) is 0 Å². The molecule has 0 fully saturated rings. The number of hydroxylamine groups is 2. The van der Waals surface area contributed by atoms with Gasteiger partial charge in [0.15, 0.2) is 0 Å². The van der Waals surface area contributed by atoms with E-state index in [0.717, 1.165) is 19.4 Å². The van der Waals surface area contributed by atoms with Crippen molar-refractivity contribution >= 4 is 0 Å². The average Bonchev–Trinajstić information content (AvgIpc) is 1.86. The van der Waals surface area contributed by atoms with Crippen molar-refractivity contribution in [1.29, 1.82) is 0 Å². The standard InChI is InChI=1S/C8H20N2O/c1-5-6-8(2,9)7-10(3)11-4/h5-7,9H2,1-4H3. The Kier molecular flexibility index (Phi) is 4.65. The number of likely N-dealkylation sites (N-methyl/N-ethyl adjacent to an activating group) is 1. The van der Waals surface area contributed by atoms with Gasteiger partial charge in [-0.15, -0.1) is 0 Å². The summed E-state index contributed by atoms with van der Waals surface area (Å²) < 4.78 is 0. The van der Waals surface area contributed by atoms with Crippen LogP contribution in [0.4, 0.5) is 0 Å². The zero-order valence-corrected chi connectivity index (χ0v) is 8.05. The molecule has 11 heavy (non-hydrogen) atoms. The van der Waals surface area contributed by atoms with Crippen LogP contribution < -0.4 is 5.73 Å². The summed E-state index contributed by atoms with van der Waals surface area (Å²) in [5, 5.41) is 1.76. The molecule has 0 saturated heterocycles. The minimum Gasteiger partial charge on any atom is -0.324 e. The van der Waals surface area contributed by atoms with Crippen molar-refractivity contribution in [1.82, 2.24) is 5.06 Å². The number of hydrogen-bond donors (Lipinski definition) is 1. The van der Waals surface area contributed by atoms with E-state index in [4.69, 9.17) is 10.6 Å². The summed E-state index contributed by atoms with van der Waals surface area (Å²) in [4.78, 5) is 4.99. The first-order chi connectivity index (χ1) is 5.02. The Hall–Kier alpha value is -0.120. The molecular formula is C8H20N2O. The van der Waals surface area contributed by atoms with Gasteiger partial charge in [0.1, 0.15) is 0 Å². The first-order valence-electron chi connectivity index (χ1n) is 4.06. The molecule has 2 N–H and O–H groups in total. The molecule has 0 heterocycles. The quantitative estimate of drug-likeness (QED) is 0.610. The third-order valence-corrected chi connectivity index (χ3v) is 1.72. The van der Waals surface area contributed by atoms with E-state index in [2.05, 4.69) is 6.92 Å². The van der Waals surface area contributed by atoms with Crippen LogP contribution in [0.25, 0.3) is 0 Å². The van der Waals surface area contributed by atoms with Crippen molar-refractivity contribution in [3.05, 3.63) is 0 Å². The van der Waals surface area contributed by atoms with E-state index in [1.54, 1.807) is 12.2 Å². The maximum absolute atomic E-state index is 5.98. The highest BCUT2D eigenvalue weighted by molar-refractivity contribution is 4.79. The summed E-state index contributed by atoms with van der Waals surface area (Å²) in [5.74, 6) is 0. The molecule has 0 bridgehead atoms. The largest absolute Gasteiger partial charge is 0.324 e. The maximum Gasteiger partial charge on any atom is 0.0575 e. The van der Waals surface area contributed by atoms with Gasteiger partial charge in [0.25, 0.3) is 0 Å². The van der Waals surface area contributed by atoms with Crippen molar-refractivity contribution in [2.24, 2.45) is 5.73 Å². The molecule has 0 rings (SSSR count). The highest BCUT2D eigenvalue weighted by Crippen LogP contribution is 2.09. The average molecular weight is 160 g/mol. The monoisotopic (exact) mass is 160 g/mol. The summed E-state index contributed by atoms with van der Waals surface area (Å²) in [5.41, 5.74) is 5.86. The first-order valence-corrected chi connectivity index (χ1v) is 4.06. The van der Waals surface area contributed by atoms with Crippen LogP contribution in [-0.4, -0.2) is 31.3 Å². The highest BCUT2D eigenvalue weighted by atomic mass is 16.7. The normalized spacial score (nSPS) is 16.9. The van der Waals surface area contributed by atoms with Crippen molar-refractivity contribution < 1.29 is 4.84 Å². The molecule has 1 unspecified atom stereocenters. The van der Waals surface area contributed by atoms with Crippen LogP contribution in [0.15, 0.2) is 0 Å². The van der Waals surface area contributed by atoms with Gasteiger partial charge >= 0.3 is 0 Å². The summed E-state index contributed by atoms with van der Waals surface area (Å²) in [6.07, 6.45) is 2.14. The van der Waals surface area contributed by atoms with Crippen molar-refractivity contribution in [3.8, 4) is 0 Å². The van der Waals surface area contributed by atoms with E-state index < -0.39 is 0 Å². The smallest absolute Gasteiger partial charge is 0.0575 e. The Morgan fingerprint density at radius 1 is 1.55 bits per heavy atom. The van der Waals surface area contributed by atoms with Crippen molar-refractivity contribution in [2.75, 3.05) is 20.7 Å². The van der Waals surface area contributed by atoms with Gasteiger partial charge < -0.3 is 10.6 Å². The summed E-state index contributed by atoms with van der Waals surface area (Å²) >= 11 is 0. The number of nitrogens with two attached hydrogens (primary N) is 1. The van der Waals surface area contributed by atoms with E-state index in [0.29, 0.717) is 0 Å². The minimum absolute atomic E-state index is 0.125. The van der Waals surface area contributed by atoms with Gasteiger partial charge in [-0.25, -0.2) is 0 Å². The van der Waals surface area contributed by atoms with Gasteiger partial charge in [0.2, 0.25) is 0 Å². The van der Waals surface area contributed by atoms with Gasteiger partial charge in [-0.2, -0.15) is 5.06 Å². The number of nitrogens with zero attached hydrogens (tertiary/aromatic N) is 1. The van der Waals surface area contributed by atoms with Crippen LogP contribution >= 0.6 is 0 Å². The summed E-state index contributed by atoms with van der Waals surface area (Å²) in [6, 6.07) is 0. The third-order valence-electron chi connectivity index (χ3n) is 1.72. The zero-order valence-electron chi connectivity index (χ0n) is 8.05. The lowest BCUT2D eigenvalue weighted by atomic mass is 9.98. The second-order valence-electron chi connectivity index (χ2n) is 3.37. The molecule has 0 amide bonds. The van der Waals surface area contributed by atoms with Gasteiger partial charge in [-0.05, 0) is 13.3 Å². The van der Waals surface area contributed by atoms with E-state index in [1.807, 2.05) is 14.0 Å². The Balaban J connectivity index is 3.70. The molecule has 0 aliphatic carbocycles. The number of hydrogen-bond acceptors (Lipinski definition) is 3. The molecular weight excluding hydrogens is 140 g/mol. The van der Waals surface area contributed by atoms with E-state index in [-0.39, 0.29) is 5.54 Å². The molecule has 0 aromatic heterocycles. The van der Waals surface area contributed by atoms with Crippen molar-refractivity contribution in [3.63, 3.8) is 0 Å². The van der Waals surface area contributed by atoms with E-state index >= 15 is 0 Å². The van der Waals surface area contributed by atoms with Crippen LogP contribution in [0, 0.1) is 0 Å². The fourth-order valence-electron chi connectivity index (χ4n) is 1.22. The zero-order chi connectivity index (χ0) is 8.91. The second-order valence-corrected chi connectivity index (χ2v) is 3.37. The summed E-state index contributed by atoms with van der Waals surface area (Å²) in [7, 11) is 3.54. The molecule has 0 aromatic carbocycles. The molecule has 3 nitrogen and oxygen atoms in total. The molecule has 0 aromatic rings. The Morgan fingerprint density at radius 3 is 2.45 bits per heavy atom. The molecule has 0 aliphatic rings. The van der Waals surface area contributed by atoms with E-state index in [1.165, 1.54) is 0 Å². The first kappa shape index (κ1) is 10.9. The Bertz CT molecular complexity index is 104. The molecule has 3 heteroatoms. The number of rotatable bonds is 5. The van der Waals surface area contributed by atoms with Crippen molar-refractivity contribution in [2.45, 2.75) is 32.2 Å². The fraction of sp³-hybridized carbons (Fsp3) is 1.00. The molecule has 68 valence electrons. The highest BCUT2D eigenvalue weighted by Gasteiger charge is 2.18. The van der Waals surface area contributed by atoms with Crippen LogP contribution in [0.2, 0.25) is 0 Å². The predicted octanol–water partition coefficient (Wildman–Crippen LogP) is 0.997. The summed E-state index contributed by atoms with van der Waals surface area (Å²) in [6.45, 7) is 4.96. The van der Waals surface area contributed by atoms with Crippen LogP contribution in [0.5, 0.6) is 0 Å². The third kappa shape index (κ3) is 5.18. The lowest BCUT2D eigenvalue weighted by Gasteiger charge is -2.28. The van der Waals surface area contributed by atoms with Crippen LogP contribution in [0.3, 0.4) is 0 Å². The van der Waals surface area contributed by atoms with Crippen LogP contribution in [0.1, 0.15) is 26.7 Å². The predicted molar refractivity (Wildman–Crippen MR) is 47.1 cm³/mol. The SMILES string of the molecule is CCCC(C)(N)CN(C)OC. The molecule has 1 atom stereocenters. The lowest BCUT2D eigenvalue weighted by Crippen LogP contribution is -2.46. The van der Waals surface area contributed by atoms with Gasteiger partial charge in [-0.1, -0.05) is 13.3 Å². The van der Waals surface area contributed by atoms with Crippen LogP contribution in [-0.2, 0) is 4.84 Å². The molecule has 0 radical (unpaired) electrons. The van der Waals surface area contributed by atoms with Gasteiger partial charge in [0.05, 0.1) is 7.11 Å². The fourth-order valence-corrected chi connectivity index (χ4v) is 1.22. The second kappa shape index (κ2) is 4.70. The Labute approximate surface area is 69.5 Å². The lowest BCUT2D eigenvalue weighted by molar-refractivity contribution is -0.120. The van der Waals surface area contributed by atoms with E-state index in [9.17, 15) is 0 Å². The molecule has 0 saturated carbocycles. The molecule has 0 aliphatic heterocycles. The minimum atomic E-state index is -0.125. The molecule has 0 spiro atoms. The Morgan fingerprint density at radius 2 is 2.09 bits per heavy atom.